The molecule has 2 atom stereocenters. The summed E-state index contributed by atoms with van der Waals surface area (Å²) in [5, 5.41) is 0. The van der Waals surface area contributed by atoms with Crippen molar-refractivity contribution >= 4 is 11.9 Å². The predicted octanol–water partition coefficient (Wildman–Crippen LogP) is 2.36. The molecule has 0 spiro atoms. The van der Waals surface area contributed by atoms with E-state index >= 15 is 0 Å². The highest BCUT2D eigenvalue weighted by molar-refractivity contribution is 5.79. The summed E-state index contributed by atoms with van der Waals surface area (Å²) in [6, 6.07) is 1.96. The number of anilines is 1. The maximum atomic E-state index is 13.1. The Kier molecular flexibility index (Phi) is 5.34. The normalized spacial score (nSPS) is 27.8. The maximum absolute atomic E-state index is 13.1. The van der Waals surface area contributed by atoms with E-state index in [4.69, 9.17) is 9.47 Å². The van der Waals surface area contributed by atoms with Crippen LogP contribution in [0.25, 0.3) is 0 Å². The Morgan fingerprint density at radius 1 is 1.26 bits per heavy atom. The van der Waals surface area contributed by atoms with Gasteiger partial charge < -0.3 is 19.3 Å². The van der Waals surface area contributed by atoms with E-state index in [-0.39, 0.29) is 28.9 Å². The fraction of sp³-hybridized carbons (Fsp3) is 0.750. The molecule has 1 saturated carbocycles. The van der Waals surface area contributed by atoms with Crippen LogP contribution in [0.3, 0.4) is 0 Å². The second kappa shape index (κ2) is 7.26. The van der Waals surface area contributed by atoms with Gasteiger partial charge in [-0.25, -0.2) is 4.98 Å². The molecule has 27 heavy (non-hydrogen) atoms. The SMILES string of the molecule is COc1ccnc(N2CCC(C(=O)N(C)[C@@H]3C[C@](C)(OC)C3(C)C)CC2)n1. The molecule has 0 aromatic carbocycles. The molecule has 1 aliphatic heterocycles. The standard InChI is InChI=1S/C20H32N4O3/c1-19(2)15(13-20(19,3)27-6)23(4)17(25)14-8-11-24(12-9-14)18-21-10-7-16(22-18)26-5/h7,10,14-15H,8-9,11-13H2,1-6H3/t15-,20+/m1/s1. The minimum absolute atomic E-state index is 0.0543. The quantitative estimate of drug-likeness (QED) is 0.786. The highest BCUT2D eigenvalue weighted by atomic mass is 16.5. The molecule has 7 heteroatoms. The highest BCUT2D eigenvalue weighted by Gasteiger charge is 2.60. The zero-order valence-corrected chi connectivity index (χ0v) is 17.4. The number of piperidine rings is 1. The number of amides is 1. The number of carbonyl (C=O) groups excluding carboxylic acids is 1. The molecule has 1 aliphatic carbocycles. The van der Waals surface area contributed by atoms with Gasteiger partial charge in [-0.3, -0.25) is 4.79 Å². The van der Waals surface area contributed by atoms with Gasteiger partial charge >= 0.3 is 0 Å². The minimum Gasteiger partial charge on any atom is -0.481 e. The lowest BCUT2D eigenvalue weighted by atomic mass is 9.55. The predicted molar refractivity (Wildman–Crippen MR) is 104 cm³/mol. The van der Waals surface area contributed by atoms with Crippen molar-refractivity contribution in [3.63, 3.8) is 0 Å². The summed E-state index contributed by atoms with van der Waals surface area (Å²) >= 11 is 0. The summed E-state index contributed by atoms with van der Waals surface area (Å²) in [5.74, 6) is 1.54. The van der Waals surface area contributed by atoms with Crippen LogP contribution in [0.4, 0.5) is 5.95 Å². The van der Waals surface area contributed by atoms with E-state index in [1.165, 1.54) is 0 Å². The number of carbonyl (C=O) groups is 1. The van der Waals surface area contributed by atoms with Gasteiger partial charge in [0, 0.05) is 56.9 Å². The van der Waals surface area contributed by atoms with E-state index in [9.17, 15) is 4.79 Å². The topological polar surface area (TPSA) is 67.8 Å². The van der Waals surface area contributed by atoms with Gasteiger partial charge in [0.1, 0.15) is 0 Å². The molecule has 2 aliphatic rings. The molecular formula is C20H32N4O3. The first kappa shape index (κ1) is 19.9. The van der Waals surface area contributed by atoms with Crippen molar-refractivity contribution in [1.29, 1.82) is 0 Å². The molecule has 0 bridgehead atoms. The third-order valence-electron chi connectivity index (χ3n) is 7.00. The zero-order chi connectivity index (χ0) is 19.8. The summed E-state index contributed by atoms with van der Waals surface area (Å²) in [6.45, 7) is 8.07. The molecule has 1 saturated heterocycles. The van der Waals surface area contributed by atoms with Gasteiger partial charge in [-0.1, -0.05) is 13.8 Å². The van der Waals surface area contributed by atoms with Crippen LogP contribution >= 0.6 is 0 Å². The molecule has 1 aromatic rings. The van der Waals surface area contributed by atoms with Gasteiger partial charge in [0.25, 0.3) is 0 Å². The van der Waals surface area contributed by atoms with E-state index in [0.717, 1.165) is 32.4 Å². The second-order valence-corrected chi connectivity index (χ2v) is 8.49. The number of rotatable bonds is 5. The molecule has 3 rings (SSSR count). The molecule has 2 fully saturated rings. The van der Waals surface area contributed by atoms with Crippen molar-refractivity contribution in [2.24, 2.45) is 11.3 Å². The molecule has 7 nitrogen and oxygen atoms in total. The first-order valence-electron chi connectivity index (χ1n) is 9.67. The van der Waals surface area contributed by atoms with Gasteiger partial charge in [0.05, 0.1) is 12.7 Å². The molecule has 1 aromatic heterocycles. The van der Waals surface area contributed by atoms with Crippen LogP contribution < -0.4 is 9.64 Å². The molecule has 0 radical (unpaired) electrons. The van der Waals surface area contributed by atoms with Crippen LogP contribution in [0.2, 0.25) is 0 Å². The van der Waals surface area contributed by atoms with Gasteiger partial charge in [-0.05, 0) is 26.2 Å². The summed E-state index contributed by atoms with van der Waals surface area (Å²) in [7, 11) is 5.31. The van der Waals surface area contributed by atoms with Gasteiger partial charge in [-0.15, -0.1) is 0 Å². The van der Waals surface area contributed by atoms with Crippen LogP contribution in [0.1, 0.15) is 40.0 Å². The van der Waals surface area contributed by atoms with Crippen molar-refractivity contribution in [3.8, 4) is 5.88 Å². The smallest absolute Gasteiger partial charge is 0.228 e. The number of hydrogen-bond acceptors (Lipinski definition) is 6. The first-order valence-corrected chi connectivity index (χ1v) is 9.67. The maximum Gasteiger partial charge on any atom is 0.228 e. The van der Waals surface area contributed by atoms with Crippen LogP contribution in [-0.2, 0) is 9.53 Å². The number of hydrogen-bond donors (Lipinski definition) is 0. The average Bonchev–Trinajstić information content (AvgIpc) is 2.70. The lowest BCUT2D eigenvalue weighted by Crippen LogP contribution is -2.69. The Morgan fingerprint density at radius 2 is 1.93 bits per heavy atom. The summed E-state index contributed by atoms with van der Waals surface area (Å²) < 4.78 is 10.9. The van der Waals surface area contributed by atoms with Crippen LogP contribution in [0.5, 0.6) is 5.88 Å². The van der Waals surface area contributed by atoms with Gasteiger partial charge in [0.15, 0.2) is 0 Å². The van der Waals surface area contributed by atoms with Crippen molar-refractivity contribution in [2.45, 2.75) is 51.7 Å². The third kappa shape index (κ3) is 3.37. The summed E-state index contributed by atoms with van der Waals surface area (Å²) in [4.78, 5) is 25.9. The fourth-order valence-electron chi connectivity index (χ4n) is 4.44. The lowest BCUT2D eigenvalue weighted by Gasteiger charge is -2.61. The van der Waals surface area contributed by atoms with Crippen LogP contribution in [-0.4, -0.2) is 66.8 Å². The largest absolute Gasteiger partial charge is 0.481 e. The Labute approximate surface area is 162 Å². The van der Waals surface area contributed by atoms with E-state index < -0.39 is 0 Å². The first-order chi connectivity index (χ1) is 12.7. The second-order valence-electron chi connectivity index (χ2n) is 8.49. The molecule has 1 amide bonds. The van der Waals surface area contributed by atoms with E-state index in [0.29, 0.717) is 11.8 Å². The van der Waals surface area contributed by atoms with Crippen LogP contribution in [0.15, 0.2) is 12.3 Å². The number of ether oxygens (including phenoxy) is 2. The molecule has 0 N–H and O–H groups in total. The van der Waals surface area contributed by atoms with E-state index in [2.05, 4.69) is 35.6 Å². The average molecular weight is 377 g/mol. The Balaban J connectivity index is 1.59. The van der Waals surface area contributed by atoms with Gasteiger partial charge in [-0.2, -0.15) is 4.98 Å². The number of methoxy groups -OCH3 is 2. The fourth-order valence-corrected chi connectivity index (χ4v) is 4.44. The zero-order valence-electron chi connectivity index (χ0n) is 17.4. The molecule has 150 valence electrons. The number of nitrogens with zero attached hydrogens (tertiary/aromatic N) is 4. The highest BCUT2D eigenvalue weighted by Crippen LogP contribution is 2.53. The van der Waals surface area contributed by atoms with Crippen molar-refractivity contribution in [1.82, 2.24) is 14.9 Å². The van der Waals surface area contributed by atoms with Crippen molar-refractivity contribution < 1.29 is 14.3 Å². The third-order valence-corrected chi connectivity index (χ3v) is 7.00. The lowest BCUT2D eigenvalue weighted by molar-refractivity contribution is -0.208. The Morgan fingerprint density at radius 3 is 2.48 bits per heavy atom. The molecular weight excluding hydrogens is 344 g/mol. The Hall–Kier alpha value is -1.89. The molecule has 0 unspecified atom stereocenters. The van der Waals surface area contributed by atoms with E-state index in [1.807, 2.05) is 11.9 Å². The van der Waals surface area contributed by atoms with Crippen molar-refractivity contribution in [2.75, 3.05) is 39.3 Å². The number of aromatic nitrogens is 2. The van der Waals surface area contributed by atoms with Crippen molar-refractivity contribution in [3.05, 3.63) is 12.3 Å². The van der Waals surface area contributed by atoms with Gasteiger partial charge in [0.2, 0.25) is 17.7 Å². The minimum atomic E-state index is -0.167. The summed E-state index contributed by atoms with van der Waals surface area (Å²) in [5.41, 5.74) is -0.222. The Bertz CT molecular complexity index is 688. The van der Waals surface area contributed by atoms with Crippen LogP contribution in [0, 0.1) is 11.3 Å². The van der Waals surface area contributed by atoms with E-state index in [1.54, 1.807) is 26.5 Å². The summed E-state index contributed by atoms with van der Waals surface area (Å²) in [6.07, 6.45) is 4.23. The molecule has 2 heterocycles. The monoisotopic (exact) mass is 376 g/mol.